The summed E-state index contributed by atoms with van der Waals surface area (Å²) in [5, 5.41) is 0. The first-order valence-electron chi connectivity index (χ1n) is 5.41. The van der Waals surface area contributed by atoms with Gasteiger partial charge in [0.2, 0.25) is 6.36 Å². The predicted octanol–water partition coefficient (Wildman–Crippen LogP) is 3.94. The van der Waals surface area contributed by atoms with Crippen molar-refractivity contribution >= 4 is 12.2 Å². The fourth-order valence-corrected chi connectivity index (χ4v) is 1.25. The standard InChI is InChI=1S/C13H15FO3/c1-3-7-12(14)17-13(15)16-11-9-6-5-8-10(11)4-2/h4-6,8-9,12H,2-3,7H2,1H3. The summed E-state index contributed by atoms with van der Waals surface area (Å²) in [6.07, 6.45) is -0.360. The van der Waals surface area contributed by atoms with Gasteiger partial charge < -0.3 is 9.47 Å². The van der Waals surface area contributed by atoms with E-state index in [9.17, 15) is 9.18 Å². The van der Waals surface area contributed by atoms with Gasteiger partial charge in [-0.3, -0.25) is 0 Å². The van der Waals surface area contributed by atoms with Gasteiger partial charge in [0.05, 0.1) is 0 Å². The lowest BCUT2D eigenvalue weighted by atomic mass is 10.2. The third-order valence-corrected chi connectivity index (χ3v) is 2.07. The molecule has 1 aromatic carbocycles. The van der Waals surface area contributed by atoms with E-state index in [1.54, 1.807) is 37.3 Å². The van der Waals surface area contributed by atoms with Crippen LogP contribution in [0.15, 0.2) is 30.8 Å². The number of ether oxygens (including phenoxy) is 2. The number of alkyl halides is 1. The fraction of sp³-hybridized carbons (Fsp3) is 0.308. The summed E-state index contributed by atoms with van der Waals surface area (Å²) in [6.45, 7) is 5.38. The molecule has 0 saturated heterocycles. The van der Waals surface area contributed by atoms with Gasteiger partial charge in [-0.2, -0.15) is 0 Å². The zero-order valence-electron chi connectivity index (χ0n) is 9.69. The Morgan fingerprint density at radius 1 is 1.53 bits per heavy atom. The van der Waals surface area contributed by atoms with E-state index in [-0.39, 0.29) is 6.42 Å². The predicted molar refractivity (Wildman–Crippen MR) is 63.4 cm³/mol. The summed E-state index contributed by atoms with van der Waals surface area (Å²) in [5.41, 5.74) is 0.648. The highest BCUT2D eigenvalue weighted by Crippen LogP contribution is 2.19. The summed E-state index contributed by atoms with van der Waals surface area (Å²) in [6, 6.07) is 6.80. The minimum atomic E-state index is -1.62. The molecule has 0 aliphatic carbocycles. The number of para-hydroxylation sites is 1. The van der Waals surface area contributed by atoms with Gasteiger partial charge in [-0.15, -0.1) is 0 Å². The SMILES string of the molecule is C=Cc1ccccc1OC(=O)OC(F)CCC. The van der Waals surface area contributed by atoms with Crippen LogP contribution in [0.2, 0.25) is 0 Å². The lowest BCUT2D eigenvalue weighted by Crippen LogP contribution is -2.17. The molecule has 0 spiro atoms. The highest BCUT2D eigenvalue weighted by Gasteiger charge is 2.14. The molecule has 92 valence electrons. The summed E-state index contributed by atoms with van der Waals surface area (Å²) < 4.78 is 22.3. The monoisotopic (exact) mass is 238 g/mol. The molecule has 0 fully saturated rings. The van der Waals surface area contributed by atoms with Crippen molar-refractivity contribution in [2.24, 2.45) is 0 Å². The van der Waals surface area contributed by atoms with Gasteiger partial charge >= 0.3 is 6.16 Å². The summed E-state index contributed by atoms with van der Waals surface area (Å²) in [5.74, 6) is 0.302. The van der Waals surface area contributed by atoms with Crippen LogP contribution >= 0.6 is 0 Å². The normalized spacial score (nSPS) is 11.6. The molecule has 4 heteroatoms. The molecule has 0 bridgehead atoms. The Kier molecular flexibility index (Phi) is 5.20. The topological polar surface area (TPSA) is 35.5 Å². The molecule has 0 saturated carbocycles. The van der Waals surface area contributed by atoms with E-state index in [0.29, 0.717) is 17.7 Å². The number of carbonyl (C=O) groups is 1. The van der Waals surface area contributed by atoms with Crippen LogP contribution in [0.4, 0.5) is 9.18 Å². The molecule has 1 rings (SSSR count). The molecule has 0 aromatic heterocycles. The van der Waals surface area contributed by atoms with Crippen molar-refractivity contribution in [2.45, 2.75) is 26.1 Å². The number of carbonyl (C=O) groups excluding carboxylic acids is 1. The first-order valence-corrected chi connectivity index (χ1v) is 5.41. The molecule has 1 unspecified atom stereocenters. The van der Waals surface area contributed by atoms with Crippen LogP contribution in [-0.2, 0) is 4.74 Å². The van der Waals surface area contributed by atoms with Gasteiger partial charge in [-0.05, 0) is 12.5 Å². The minimum absolute atomic E-state index is 0.165. The summed E-state index contributed by atoms with van der Waals surface area (Å²) >= 11 is 0. The van der Waals surface area contributed by atoms with Crippen molar-refractivity contribution < 1.29 is 18.7 Å². The Hall–Kier alpha value is -1.84. The molecule has 0 aliphatic heterocycles. The summed E-state index contributed by atoms with van der Waals surface area (Å²) in [7, 11) is 0. The zero-order chi connectivity index (χ0) is 12.7. The van der Waals surface area contributed by atoms with Crippen LogP contribution < -0.4 is 4.74 Å². The number of halogens is 1. The number of benzene rings is 1. The van der Waals surface area contributed by atoms with Crippen molar-refractivity contribution in [2.75, 3.05) is 0 Å². The van der Waals surface area contributed by atoms with E-state index in [1.165, 1.54) is 0 Å². The molecule has 0 heterocycles. The quantitative estimate of drug-likeness (QED) is 0.575. The van der Waals surface area contributed by atoms with Gasteiger partial charge in [-0.1, -0.05) is 37.8 Å². The van der Waals surface area contributed by atoms with Gasteiger partial charge in [0.25, 0.3) is 0 Å². The zero-order valence-corrected chi connectivity index (χ0v) is 9.69. The van der Waals surface area contributed by atoms with Crippen molar-refractivity contribution in [3.63, 3.8) is 0 Å². The third kappa shape index (κ3) is 4.26. The first kappa shape index (κ1) is 13.2. The number of rotatable bonds is 5. The lowest BCUT2D eigenvalue weighted by molar-refractivity contribution is -0.0148. The van der Waals surface area contributed by atoms with Crippen LogP contribution in [0.1, 0.15) is 25.3 Å². The van der Waals surface area contributed by atoms with Gasteiger partial charge in [0.1, 0.15) is 5.75 Å². The van der Waals surface area contributed by atoms with E-state index < -0.39 is 12.5 Å². The Morgan fingerprint density at radius 2 is 2.24 bits per heavy atom. The lowest BCUT2D eigenvalue weighted by Gasteiger charge is -2.10. The number of hydrogen-bond acceptors (Lipinski definition) is 3. The Labute approximate surface area is 99.9 Å². The highest BCUT2D eigenvalue weighted by molar-refractivity contribution is 5.67. The Morgan fingerprint density at radius 3 is 2.88 bits per heavy atom. The highest BCUT2D eigenvalue weighted by atomic mass is 19.1. The average Bonchev–Trinajstić information content (AvgIpc) is 2.29. The van der Waals surface area contributed by atoms with E-state index in [2.05, 4.69) is 11.3 Å². The second-order valence-corrected chi connectivity index (χ2v) is 3.41. The minimum Gasteiger partial charge on any atom is -0.399 e. The smallest absolute Gasteiger partial charge is 0.399 e. The Balaban J connectivity index is 2.58. The molecule has 0 N–H and O–H groups in total. The van der Waals surface area contributed by atoms with Gasteiger partial charge in [0.15, 0.2) is 0 Å². The van der Waals surface area contributed by atoms with Crippen molar-refractivity contribution in [3.8, 4) is 5.75 Å². The molecule has 1 aromatic rings. The first-order chi connectivity index (χ1) is 8.17. The molecular weight excluding hydrogens is 223 g/mol. The molecule has 0 amide bonds. The van der Waals surface area contributed by atoms with Crippen molar-refractivity contribution in [1.82, 2.24) is 0 Å². The van der Waals surface area contributed by atoms with Gasteiger partial charge in [0, 0.05) is 12.0 Å². The van der Waals surface area contributed by atoms with Crippen LogP contribution in [0.3, 0.4) is 0 Å². The van der Waals surface area contributed by atoms with E-state index in [4.69, 9.17) is 4.74 Å². The largest absolute Gasteiger partial charge is 0.516 e. The Bertz CT molecular complexity index is 390. The van der Waals surface area contributed by atoms with Crippen LogP contribution in [0.25, 0.3) is 6.08 Å². The maximum atomic E-state index is 13.0. The third-order valence-electron chi connectivity index (χ3n) is 2.07. The average molecular weight is 238 g/mol. The van der Waals surface area contributed by atoms with Crippen molar-refractivity contribution in [1.29, 1.82) is 0 Å². The van der Waals surface area contributed by atoms with E-state index in [0.717, 1.165) is 0 Å². The molecule has 0 aliphatic rings. The van der Waals surface area contributed by atoms with Crippen molar-refractivity contribution in [3.05, 3.63) is 36.4 Å². The van der Waals surface area contributed by atoms with E-state index >= 15 is 0 Å². The van der Waals surface area contributed by atoms with Crippen LogP contribution in [0, 0.1) is 0 Å². The van der Waals surface area contributed by atoms with Gasteiger partial charge in [-0.25, -0.2) is 9.18 Å². The summed E-state index contributed by atoms with van der Waals surface area (Å²) in [4.78, 5) is 11.2. The second kappa shape index (κ2) is 6.68. The molecule has 1 atom stereocenters. The maximum Gasteiger partial charge on any atom is 0.516 e. The molecular formula is C13H15FO3. The van der Waals surface area contributed by atoms with E-state index in [1.807, 2.05) is 0 Å². The van der Waals surface area contributed by atoms with Crippen LogP contribution in [0.5, 0.6) is 5.75 Å². The fourth-order valence-electron chi connectivity index (χ4n) is 1.25. The maximum absolute atomic E-state index is 13.0. The molecule has 17 heavy (non-hydrogen) atoms. The molecule has 3 nitrogen and oxygen atoms in total. The molecule has 0 radical (unpaired) electrons. The second-order valence-electron chi connectivity index (χ2n) is 3.41. The van der Waals surface area contributed by atoms with Crippen LogP contribution in [-0.4, -0.2) is 12.5 Å². The number of hydrogen-bond donors (Lipinski definition) is 0.